The minimum absolute atomic E-state index is 0.195. The van der Waals surface area contributed by atoms with Crippen LogP contribution in [0, 0.1) is 5.82 Å². The molecule has 0 saturated heterocycles. The normalized spacial score (nSPS) is 10.7. The summed E-state index contributed by atoms with van der Waals surface area (Å²) in [7, 11) is 3.23. The lowest BCUT2D eigenvalue weighted by Crippen LogP contribution is -2.06. The predicted molar refractivity (Wildman–Crippen MR) is 68.3 cm³/mol. The Hall–Kier alpha value is -1.59. The van der Waals surface area contributed by atoms with Crippen LogP contribution in [0.5, 0.6) is 5.75 Å². The second-order valence-corrected chi connectivity index (χ2v) is 4.10. The molecule has 0 aliphatic heterocycles. The SMILES string of the molecule is CNCc1nc(-c2ccc(OC)c(F)c2)c(Cl)[nH]1. The fourth-order valence-electron chi connectivity index (χ4n) is 1.65. The highest BCUT2D eigenvalue weighted by atomic mass is 35.5. The van der Waals surface area contributed by atoms with Gasteiger partial charge in [0.2, 0.25) is 0 Å². The van der Waals surface area contributed by atoms with Crippen LogP contribution in [0.2, 0.25) is 5.15 Å². The minimum atomic E-state index is -0.441. The van der Waals surface area contributed by atoms with E-state index in [9.17, 15) is 4.39 Å². The van der Waals surface area contributed by atoms with Crippen molar-refractivity contribution in [3.63, 3.8) is 0 Å². The van der Waals surface area contributed by atoms with Gasteiger partial charge < -0.3 is 15.0 Å². The van der Waals surface area contributed by atoms with E-state index >= 15 is 0 Å². The van der Waals surface area contributed by atoms with Crippen molar-refractivity contribution in [2.75, 3.05) is 14.2 Å². The Morgan fingerprint density at radius 3 is 2.89 bits per heavy atom. The largest absolute Gasteiger partial charge is 0.494 e. The Morgan fingerprint density at radius 2 is 2.28 bits per heavy atom. The van der Waals surface area contributed by atoms with Crippen LogP contribution < -0.4 is 10.1 Å². The van der Waals surface area contributed by atoms with Crippen LogP contribution in [0.15, 0.2) is 18.2 Å². The lowest BCUT2D eigenvalue weighted by molar-refractivity contribution is 0.386. The van der Waals surface area contributed by atoms with Crippen LogP contribution in [0.1, 0.15) is 5.82 Å². The maximum absolute atomic E-state index is 13.6. The Labute approximate surface area is 109 Å². The van der Waals surface area contributed by atoms with Gasteiger partial charge >= 0.3 is 0 Å². The highest BCUT2D eigenvalue weighted by molar-refractivity contribution is 6.31. The number of nitrogens with zero attached hydrogens (tertiary/aromatic N) is 1. The van der Waals surface area contributed by atoms with E-state index in [1.807, 2.05) is 7.05 Å². The summed E-state index contributed by atoms with van der Waals surface area (Å²) in [6.07, 6.45) is 0. The first-order chi connectivity index (χ1) is 8.65. The smallest absolute Gasteiger partial charge is 0.165 e. The van der Waals surface area contributed by atoms with E-state index in [0.29, 0.717) is 28.8 Å². The number of ether oxygens (including phenoxy) is 1. The molecule has 1 heterocycles. The summed E-state index contributed by atoms with van der Waals surface area (Å²) in [6.45, 7) is 0.568. The Balaban J connectivity index is 2.39. The summed E-state index contributed by atoms with van der Waals surface area (Å²) in [4.78, 5) is 7.24. The molecule has 0 aliphatic carbocycles. The first-order valence-electron chi connectivity index (χ1n) is 5.38. The number of methoxy groups -OCH3 is 1. The molecule has 2 N–H and O–H groups in total. The average Bonchev–Trinajstić information content (AvgIpc) is 2.71. The molecule has 1 aromatic carbocycles. The van der Waals surface area contributed by atoms with Crippen LogP contribution in [0.25, 0.3) is 11.3 Å². The molecule has 0 unspecified atom stereocenters. The van der Waals surface area contributed by atoms with Crippen LogP contribution >= 0.6 is 11.6 Å². The molecule has 1 aromatic heterocycles. The van der Waals surface area contributed by atoms with Crippen molar-refractivity contribution >= 4 is 11.6 Å². The van der Waals surface area contributed by atoms with Crippen LogP contribution in [0.4, 0.5) is 4.39 Å². The summed E-state index contributed by atoms with van der Waals surface area (Å²) in [5.74, 6) is 0.457. The van der Waals surface area contributed by atoms with Crippen LogP contribution in [0.3, 0.4) is 0 Å². The minimum Gasteiger partial charge on any atom is -0.494 e. The fraction of sp³-hybridized carbons (Fsp3) is 0.250. The van der Waals surface area contributed by atoms with Crippen molar-refractivity contribution in [2.45, 2.75) is 6.54 Å². The maximum Gasteiger partial charge on any atom is 0.165 e. The van der Waals surface area contributed by atoms with E-state index in [1.165, 1.54) is 13.2 Å². The number of halogens is 2. The van der Waals surface area contributed by atoms with Crippen molar-refractivity contribution in [3.05, 3.63) is 35.0 Å². The molecular weight excluding hydrogens is 257 g/mol. The maximum atomic E-state index is 13.6. The Morgan fingerprint density at radius 1 is 1.50 bits per heavy atom. The number of aromatic nitrogens is 2. The van der Waals surface area contributed by atoms with Gasteiger partial charge in [0.15, 0.2) is 11.6 Å². The zero-order valence-corrected chi connectivity index (χ0v) is 10.8. The number of aromatic amines is 1. The molecule has 0 radical (unpaired) electrons. The van der Waals surface area contributed by atoms with Crippen LogP contribution in [-0.4, -0.2) is 24.1 Å². The molecule has 18 heavy (non-hydrogen) atoms. The Kier molecular flexibility index (Phi) is 3.84. The third-order valence-electron chi connectivity index (χ3n) is 2.48. The van der Waals surface area contributed by atoms with Gasteiger partial charge in [-0.3, -0.25) is 0 Å². The third kappa shape index (κ3) is 2.47. The second kappa shape index (κ2) is 5.37. The third-order valence-corrected chi connectivity index (χ3v) is 2.75. The van der Waals surface area contributed by atoms with E-state index in [4.69, 9.17) is 16.3 Å². The monoisotopic (exact) mass is 269 g/mol. The molecule has 4 nitrogen and oxygen atoms in total. The molecule has 2 rings (SSSR count). The lowest BCUT2D eigenvalue weighted by atomic mass is 10.1. The van der Waals surface area contributed by atoms with Gasteiger partial charge in [0, 0.05) is 5.56 Å². The van der Waals surface area contributed by atoms with E-state index in [2.05, 4.69) is 15.3 Å². The second-order valence-electron chi connectivity index (χ2n) is 3.73. The molecule has 0 fully saturated rings. The topological polar surface area (TPSA) is 49.9 Å². The molecule has 6 heteroatoms. The van der Waals surface area contributed by atoms with Crippen molar-refractivity contribution in [2.24, 2.45) is 0 Å². The van der Waals surface area contributed by atoms with Gasteiger partial charge in [-0.2, -0.15) is 0 Å². The van der Waals surface area contributed by atoms with Gasteiger partial charge in [-0.1, -0.05) is 11.6 Å². The average molecular weight is 270 g/mol. The van der Waals surface area contributed by atoms with Gasteiger partial charge in [-0.25, -0.2) is 9.37 Å². The number of H-pyrrole nitrogens is 1. The predicted octanol–water partition coefficient (Wildman–Crippen LogP) is 2.60. The summed E-state index contributed by atoms with van der Waals surface area (Å²) >= 11 is 6.04. The van der Waals surface area contributed by atoms with E-state index in [0.717, 1.165) is 0 Å². The van der Waals surface area contributed by atoms with Gasteiger partial charge in [-0.05, 0) is 25.2 Å². The molecule has 0 amide bonds. The van der Waals surface area contributed by atoms with Gasteiger partial charge in [0.1, 0.15) is 16.7 Å². The summed E-state index contributed by atoms with van der Waals surface area (Å²) in [5, 5.41) is 3.35. The number of hydrogen-bond acceptors (Lipinski definition) is 3. The molecule has 2 aromatic rings. The van der Waals surface area contributed by atoms with Gasteiger partial charge in [-0.15, -0.1) is 0 Å². The molecule has 0 spiro atoms. The first-order valence-corrected chi connectivity index (χ1v) is 5.76. The van der Waals surface area contributed by atoms with Crippen molar-refractivity contribution in [1.82, 2.24) is 15.3 Å². The standard InChI is InChI=1S/C12H13ClFN3O/c1-15-6-10-16-11(12(13)17-10)7-3-4-9(18-2)8(14)5-7/h3-5,15H,6H2,1-2H3,(H,16,17). The van der Waals surface area contributed by atoms with E-state index in [-0.39, 0.29) is 5.75 Å². The zero-order valence-electron chi connectivity index (χ0n) is 10.1. The first kappa shape index (κ1) is 12.9. The number of rotatable bonds is 4. The highest BCUT2D eigenvalue weighted by Gasteiger charge is 2.12. The molecule has 0 aliphatic rings. The lowest BCUT2D eigenvalue weighted by Gasteiger charge is -2.03. The quantitative estimate of drug-likeness (QED) is 0.897. The van der Waals surface area contributed by atoms with Crippen molar-refractivity contribution < 1.29 is 9.13 Å². The number of hydrogen-bond donors (Lipinski definition) is 2. The molecule has 96 valence electrons. The van der Waals surface area contributed by atoms with E-state index in [1.54, 1.807) is 12.1 Å². The number of nitrogens with one attached hydrogen (secondary N) is 2. The molecule has 0 bridgehead atoms. The summed E-state index contributed by atoms with van der Waals surface area (Å²) < 4.78 is 18.5. The molecular formula is C12H13ClFN3O. The summed E-state index contributed by atoms with van der Waals surface area (Å²) in [5.41, 5.74) is 1.14. The molecule has 0 saturated carbocycles. The Bertz CT molecular complexity index is 556. The van der Waals surface area contributed by atoms with Crippen molar-refractivity contribution in [1.29, 1.82) is 0 Å². The number of imidazole rings is 1. The zero-order chi connectivity index (χ0) is 13.1. The molecule has 0 atom stereocenters. The van der Waals surface area contributed by atoms with E-state index < -0.39 is 5.82 Å². The van der Waals surface area contributed by atoms with Crippen LogP contribution in [-0.2, 0) is 6.54 Å². The fourth-order valence-corrected chi connectivity index (χ4v) is 1.91. The van der Waals surface area contributed by atoms with Crippen molar-refractivity contribution in [3.8, 4) is 17.0 Å². The highest BCUT2D eigenvalue weighted by Crippen LogP contribution is 2.29. The van der Waals surface area contributed by atoms with Gasteiger partial charge in [0.05, 0.1) is 13.7 Å². The number of benzene rings is 1. The van der Waals surface area contributed by atoms with Gasteiger partial charge in [0.25, 0.3) is 0 Å². The summed E-state index contributed by atoms with van der Waals surface area (Å²) in [6, 6.07) is 4.62.